The van der Waals surface area contributed by atoms with Crippen LogP contribution in [0.3, 0.4) is 0 Å². The highest BCUT2D eigenvalue weighted by molar-refractivity contribution is 9.10. The molecule has 1 aromatic heterocycles. The molecule has 0 aliphatic rings. The molecule has 2 nitrogen and oxygen atoms in total. The van der Waals surface area contributed by atoms with Crippen LogP contribution in [-0.4, -0.2) is 4.98 Å². The second kappa shape index (κ2) is 6.21. The summed E-state index contributed by atoms with van der Waals surface area (Å²) in [5.74, 6) is -1.65. The van der Waals surface area contributed by atoms with Gasteiger partial charge in [-0.2, -0.15) is 0 Å². The topological polar surface area (TPSA) is 24.9 Å². The van der Waals surface area contributed by atoms with Gasteiger partial charge in [0.2, 0.25) is 0 Å². The lowest BCUT2D eigenvalue weighted by Gasteiger charge is -2.14. The molecule has 0 aliphatic carbocycles. The minimum absolute atomic E-state index is 0.0706. The third-order valence-corrected chi connectivity index (χ3v) is 3.31. The molecule has 100 valence electrons. The first-order chi connectivity index (χ1) is 9.06. The number of hydrogen-bond donors (Lipinski definition) is 1. The molecule has 0 radical (unpaired) electrons. The van der Waals surface area contributed by atoms with E-state index in [4.69, 9.17) is 0 Å². The first kappa shape index (κ1) is 14.1. The van der Waals surface area contributed by atoms with Crippen molar-refractivity contribution in [2.75, 3.05) is 0 Å². The Morgan fingerprint density at radius 3 is 2.63 bits per heavy atom. The van der Waals surface area contributed by atoms with E-state index in [0.717, 1.165) is 16.2 Å². The van der Waals surface area contributed by atoms with E-state index in [1.54, 1.807) is 12.3 Å². The number of hydrogen-bond acceptors (Lipinski definition) is 2. The Labute approximate surface area is 119 Å². The van der Waals surface area contributed by atoms with Crippen LogP contribution < -0.4 is 5.32 Å². The van der Waals surface area contributed by atoms with Crippen molar-refractivity contribution in [3.63, 3.8) is 0 Å². The second-order valence-electron chi connectivity index (χ2n) is 4.27. The zero-order valence-corrected chi connectivity index (χ0v) is 11.9. The van der Waals surface area contributed by atoms with Gasteiger partial charge in [0, 0.05) is 18.8 Å². The maximum Gasteiger partial charge on any atom is 0.159 e. The molecule has 19 heavy (non-hydrogen) atoms. The molecule has 0 bridgehead atoms. The molecule has 1 aromatic carbocycles. The maximum absolute atomic E-state index is 13.1. The van der Waals surface area contributed by atoms with Crippen LogP contribution in [0.15, 0.2) is 41.1 Å². The molecule has 0 aliphatic heterocycles. The van der Waals surface area contributed by atoms with Gasteiger partial charge in [-0.3, -0.25) is 0 Å². The van der Waals surface area contributed by atoms with Gasteiger partial charge in [-0.05, 0) is 52.2 Å². The van der Waals surface area contributed by atoms with Crippen LogP contribution in [0, 0.1) is 11.6 Å². The predicted molar refractivity (Wildman–Crippen MR) is 73.5 cm³/mol. The van der Waals surface area contributed by atoms with Crippen molar-refractivity contribution in [2.45, 2.75) is 19.5 Å². The van der Waals surface area contributed by atoms with Crippen LogP contribution in [0.25, 0.3) is 0 Å². The summed E-state index contributed by atoms with van der Waals surface area (Å²) < 4.78 is 26.8. The standard InChI is InChI=1S/C14H13BrF2N2/c1-9(11-3-4-12(16)13(17)6-11)18-7-10-2-5-14(15)19-8-10/h2-6,8-9,18H,7H2,1H3/t9-/m0/s1. The second-order valence-corrected chi connectivity index (χ2v) is 5.08. The molecular weight excluding hydrogens is 314 g/mol. The Morgan fingerprint density at radius 1 is 1.21 bits per heavy atom. The molecule has 2 rings (SSSR count). The number of aromatic nitrogens is 1. The van der Waals surface area contributed by atoms with Gasteiger partial charge in [-0.15, -0.1) is 0 Å². The number of halogens is 3. The number of nitrogens with one attached hydrogen (secondary N) is 1. The Hall–Kier alpha value is -1.33. The van der Waals surface area contributed by atoms with E-state index in [1.165, 1.54) is 6.07 Å². The molecule has 0 spiro atoms. The van der Waals surface area contributed by atoms with Gasteiger partial charge in [0.05, 0.1) is 0 Å². The van der Waals surface area contributed by atoms with Crippen molar-refractivity contribution in [1.29, 1.82) is 0 Å². The van der Waals surface area contributed by atoms with E-state index in [-0.39, 0.29) is 6.04 Å². The predicted octanol–water partition coefficient (Wildman–Crippen LogP) is 3.97. The van der Waals surface area contributed by atoms with Crippen LogP contribution in [0.2, 0.25) is 0 Å². The smallest absolute Gasteiger partial charge is 0.159 e. The zero-order valence-electron chi connectivity index (χ0n) is 10.3. The van der Waals surface area contributed by atoms with E-state index < -0.39 is 11.6 Å². The van der Waals surface area contributed by atoms with Crippen LogP contribution in [0.1, 0.15) is 24.1 Å². The van der Waals surface area contributed by atoms with Crippen molar-refractivity contribution in [1.82, 2.24) is 10.3 Å². The molecule has 0 unspecified atom stereocenters. The number of rotatable bonds is 4. The SMILES string of the molecule is C[C@H](NCc1ccc(Br)nc1)c1ccc(F)c(F)c1. The fraction of sp³-hybridized carbons (Fsp3) is 0.214. The normalized spacial score (nSPS) is 12.4. The number of pyridine rings is 1. The van der Waals surface area contributed by atoms with Crippen LogP contribution in [-0.2, 0) is 6.54 Å². The fourth-order valence-electron chi connectivity index (χ4n) is 1.68. The molecule has 5 heteroatoms. The van der Waals surface area contributed by atoms with Crippen LogP contribution in [0.5, 0.6) is 0 Å². The van der Waals surface area contributed by atoms with Gasteiger partial charge in [-0.1, -0.05) is 12.1 Å². The Bertz CT molecular complexity index is 558. The van der Waals surface area contributed by atoms with Gasteiger partial charge in [-0.25, -0.2) is 13.8 Å². The summed E-state index contributed by atoms with van der Waals surface area (Å²) in [6, 6.07) is 7.67. The lowest BCUT2D eigenvalue weighted by atomic mass is 10.1. The lowest BCUT2D eigenvalue weighted by molar-refractivity contribution is 0.500. The first-order valence-corrected chi connectivity index (χ1v) is 6.64. The van der Waals surface area contributed by atoms with Crippen molar-refractivity contribution >= 4 is 15.9 Å². The van der Waals surface area contributed by atoms with Crippen molar-refractivity contribution in [3.8, 4) is 0 Å². The van der Waals surface area contributed by atoms with Crippen LogP contribution in [0.4, 0.5) is 8.78 Å². The van der Waals surface area contributed by atoms with E-state index >= 15 is 0 Å². The minimum Gasteiger partial charge on any atom is -0.306 e. The van der Waals surface area contributed by atoms with E-state index in [2.05, 4.69) is 26.2 Å². The molecule has 0 amide bonds. The molecule has 2 aromatic rings. The number of benzene rings is 1. The molecule has 1 N–H and O–H groups in total. The van der Waals surface area contributed by atoms with E-state index in [9.17, 15) is 8.78 Å². The first-order valence-electron chi connectivity index (χ1n) is 5.85. The van der Waals surface area contributed by atoms with Crippen LogP contribution >= 0.6 is 15.9 Å². The maximum atomic E-state index is 13.1. The molecule has 0 saturated carbocycles. The highest BCUT2D eigenvalue weighted by Crippen LogP contribution is 2.16. The van der Waals surface area contributed by atoms with Crippen molar-refractivity contribution in [3.05, 3.63) is 63.9 Å². The molecule has 0 saturated heterocycles. The monoisotopic (exact) mass is 326 g/mol. The minimum atomic E-state index is -0.826. The van der Waals surface area contributed by atoms with Gasteiger partial charge in [0.25, 0.3) is 0 Å². The molecule has 1 heterocycles. The fourth-order valence-corrected chi connectivity index (χ4v) is 1.92. The highest BCUT2D eigenvalue weighted by atomic mass is 79.9. The van der Waals surface area contributed by atoms with Crippen molar-refractivity contribution < 1.29 is 8.78 Å². The summed E-state index contributed by atoms with van der Waals surface area (Å²) >= 11 is 3.27. The summed E-state index contributed by atoms with van der Waals surface area (Å²) in [7, 11) is 0. The summed E-state index contributed by atoms with van der Waals surface area (Å²) in [6.07, 6.45) is 1.76. The Morgan fingerprint density at radius 2 is 2.00 bits per heavy atom. The Balaban J connectivity index is 1.98. The average Bonchev–Trinajstić information content (AvgIpc) is 2.41. The lowest BCUT2D eigenvalue weighted by Crippen LogP contribution is -2.18. The third kappa shape index (κ3) is 3.81. The van der Waals surface area contributed by atoms with Gasteiger partial charge in [0.15, 0.2) is 11.6 Å². The summed E-state index contributed by atoms with van der Waals surface area (Å²) in [6.45, 7) is 2.51. The Kier molecular flexibility index (Phi) is 4.61. The molecule has 1 atom stereocenters. The van der Waals surface area contributed by atoms with E-state index in [0.29, 0.717) is 12.1 Å². The molecule has 0 fully saturated rings. The molecular formula is C14H13BrF2N2. The summed E-state index contributed by atoms with van der Waals surface area (Å²) in [4.78, 5) is 4.12. The number of nitrogens with zero attached hydrogens (tertiary/aromatic N) is 1. The summed E-state index contributed by atoms with van der Waals surface area (Å²) in [5, 5.41) is 3.24. The summed E-state index contributed by atoms with van der Waals surface area (Å²) in [5.41, 5.74) is 1.74. The van der Waals surface area contributed by atoms with Gasteiger partial charge >= 0.3 is 0 Å². The zero-order chi connectivity index (χ0) is 13.8. The largest absolute Gasteiger partial charge is 0.306 e. The van der Waals surface area contributed by atoms with E-state index in [1.807, 2.05) is 19.1 Å². The van der Waals surface area contributed by atoms with Gasteiger partial charge < -0.3 is 5.32 Å². The average molecular weight is 327 g/mol. The van der Waals surface area contributed by atoms with Crippen molar-refractivity contribution in [2.24, 2.45) is 0 Å². The highest BCUT2D eigenvalue weighted by Gasteiger charge is 2.08. The third-order valence-electron chi connectivity index (χ3n) is 2.84. The quantitative estimate of drug-likeness (QED) is 0.860. The van der Waals surface area contributed by atoms with Gasteiger partial charge in [0.1, 0.15) is 4.60 Å².